The highest BCUT2D eigenvalue weighted by molar-refractivity contribution is 5.82. The van der Waals surface area contributed by atoms with Crippen LogP contribution in [0.5, 0.6) is 0 Å². The molecule has 3 rings (SSSR count). The summed E-state index contributed by atoms with van der Waals surface area (Å²) in [5, 5.41) is 0. The van der Waals surface area contributed by atoms with Crippen molar-refractivity contribution in [1.29, 1.82) is 0 Å². The molecule has 0 spiro atoms. The average Bonchev–Trinajstić information content (AvgIpc) is 2.72. The third kappa shape index (κ3) is 5.68. The molecular formula is C22H16F6N2O. The molecule has 9 heteroatoms. The maximum atomic E-state index is 13.6. The first-order valence-corrected chi connectivity index (χ1v) is 9.14. The van der Waals surface area contributed by atoms with Crippen molar-refractivity contribution in [2.45, 2.75) is 31.1 Å². The number of benzene rings is 1. The molecule has 1 aromatic carbocycles. The van der Waals surface area contributed by atoms with Gasteiger partial charge >= 0.3 is 12.4 Å². The lowest BCUT2D eigenvalue weighted by Crippen LogP contribution is -2.17. The molecule has 1 atom stereocenters. The summed E-state index contributed by atoms with van der Waals surface area (Å²) >= 11 is 0. The van der Waals surface area contributed by atoms with Crippen LogP contribution in [0.25, 0.3) is 0 Å². The van der Waals surface area contributed by atoms with Crippen molar-refractivity contribution in [3.8, 4) is 0 Å². The summed E-state index contributed by atoms with van der Waals surface area (Å²) in [7, 11) is 0. The van der Waals surface area contributed by atoms with Crippen LogP contribution in [0.1, 0.15) is 40.2 Å². The summed E-state index contributed by atoms with van der Waals surface area (Å²) in [4.78, 5) is 20.3. The van der Waals surface area contributed by atoms with E-state index in [9.17, 15) is 31.1 Å². The number of alkyl halides is 6. The van der Waals surface area contributed by atoms with Gasteiger partial charge in [-0.1, -0.05) is 18.2 Å². The van der Waals surface area contributed by atoms with Crippen molar-refractivity contribution in [2.75, 3.05) is 0 Å². The van der Waals surface area contributed by atoms with Crippen LogP contribution in [0, 0.1) is 0 Å². The molecule has 31 heavy (non-hydrogen) atoms. The van der Waals surface area contributed by atoms with Gasteiger partial charge in [0.25, 0.3) is 0 Å². The van der Waals surface area contributed by atoms with Gasteiger partial charge in [-0.05, 0) is 41.0 Å². The number of halogens is 6. The van der Waals surface area contributed by atoms with Gasteiger partial charge in [-0.15, -0.1) is 0 Å². The van der Waals surface area contributed by atoms with Gasteiger partial charge in [0.1, 0.15) is 5.78 Å². The lowest BCUT2D eigenvalue weighted by Gasteiger charge is -2.22. The number of hydrogen-bond donors (Lipinski definition) is 0. The smallest absolute Gasteiger partial charge is 0.299 e. The Bertz CT molecular complexity index is 1030. The number of aromatic nitrogens is 2. The van der Waals surface area contributed by atoms with Crippen LogP contribution in [0.15, 0.2) is 67.3 Å². The number of Topliss-reactive ketones (excluding diaryl/α,β-unsaturated/α-hetero) is 1. The van der Waals surface area contributed by atoms with Gasteiger partial charge in [0.05, 0.1) is 11.1 Å². The molecule has 0 radical (unpaired) electrons. The summed E-state index contributed by atoms with van der Waals surface area (Å²) in [6, 6.07) is 7.84. The highest BCUT2D eigenvalue weighted by atomic mass is 19.4. The molecule has 0 fully saturated rings. The minimum atomic E-state index is -4.71. The largest absolute Gasteiger partial charge is 0.416 e. The summed E-state index contributed by atoms with van der Waals surface area (Å²) < 4.78 is 79.4. The molecule has 0 saturated carbocycles. The standard InChI is InChI=1S/C22H16F6N2O/c23-21(24,25)16-5-3-15(4-6-16)18(11-17(31)10-14-2-1-8-29-12-14)19-13-30-9-7-20(19)22(26,27)28/h1-9,12-13,18H,10-11H2/t18-/m0/s1. The highest BCUT2D eigenvalue weighted by Gasteiger charge is 2.36. The minimum Gasteiger partial charge on any atom is -0.299 e. The Hall–Kier alpha value is -3.23. The van der Waals surface area contributed by atoms with E-state index < -0.39 is 29.4 Å². The van der Waals surface area contributed by atoms with Crippen LogP contribution >= 0.6 is 0 Å². The zero-order valence-corrected chi connectivity index (χ0v) is 15.9. The summed E-state index contributed by atoms with van der Waals surface area (Å²) in [6.07, 6.45) is -4.73. The molecule has 2 aromatic heterocycles. The van der Waals surface area contributed by atoms with Gasteiger partial charge < -0.3 is 0 Å². The molecular weight excluding hydrogens is 422 g/mol. The summed E-state index contributed by atoms with van der Waals surface area (Å²) in [6.45, 7) is 0. The maximum Gasteiger partial charge on any atom is 0.416 e. The number of hydrogen-bond acceptors (Lipinski definition) is 3. The number of pyridine rings is 2. The zero-order valence-electron chi connectivity index (χ0n) is 15.9. The van der Waals surface area contributed by atoms with Crippen LogP contribution in [0.3, 0.4) is 0 Å². The van der Waals surface area contributed by atoms with Crippen molar-refractivity contribution < 1.29 is 31.1 Å². The van der Waals surface area contributed by atoms with E-state index >= 15 is 0 Å². The predicted octanol–water partition coefficient (Wildman–Crippen LogP) is 5.85. The molecule has 0 saturated heterocycles. The van der Waals surface area contributed by atoms with E-state index in [2.05, 4.69) is 9.97 Å². The molecule has 0 aliphatic carbocycles. The van der Waals surface area contributed by atoms with Crippen LogP contribution in [0.2, 0.25) is 0 Å². The zero-order chi connectivity index (χ0) is 22.6. The lowest BCUT2D eigenvalue weighted by atomic mass is 9.84. The molecule has 3 nitrogen and oxygen atoms in total. The van der Waals surface area contributed by atoms with Gasteiger partial charge in [-0.3, -0.25) is 14.8 Å². The molecule has 2 heterocycles. The normalized spacial score (nSPS) is 13.1. The number of nitrogens with zero attached hydrogens (tertiary/aromatic N) is 2. The Morgan fingerprint density at radius 2 is 1.52 bits per heavy atom. The van der Waals surface area contributed by atoms with Crippen LogP contribution in [-0.2, 0) is 23.6 Å². The lowest BCUT2D eigenvalue weighted by molar-refractivity contribution is -0.138. The molecule has 0 aliphatic heterocycles. The number of carbonyl (C=O) groups is 1. The molecule has 0 amide bonds. The van der Waals surface area contributed by atoms with Crippen molar-refractivity contribution in [3.05, 3.63) is 95.1 Å². The number of rotatable bonds is 6. The number of ketones is 1. The summed E-state index contributed by atoms with van der Waals surface area (Å²) in [5.74, 6) is -1.49. The average molecular weight is 438 g/mol. The van der Waals surface area contributed by atoms with Gasteiger partial charge in [-0.25, -0.2) is 0 Å². The van der Waals surface area contributed by atoms with E-state index in [0.717, 1.165) is 42.7 Å². The molecule has 0 unspecified atom stereocenters. The van der Waals surface area contributed by atoms with E-state index in [1.165, 1.54) is 12.4 Å². The minimum absolute atomic E-state index is 0.0629. The van der Waals surface area contributed by atoms with E-state index in [0.29, 0.717) is 5.56 Å². The van der Waals surface area contributed by atoms with Crippen LogP contribution < -0.4 is 0 Å². The Kier molecular flexibility index (Phi) is 6.42. The SMILES string of the molecule is O=C(Cc1cccnc1)C[C@@H](c1ccc(C(F)(F)F)cc1)c1cnccc1C(F)(F)F. The molecule has 0 N–H and O–H groups in total. The Labute approximate surface area is 173 Å². The van der Waals surface area contributed by atoms with E-state index in [-0.39, 0.29) is 29.8 Å². The van der Waals surface area contributed by atoms with Crippen molar-refractivity contribution in [1.82, 2.24) is 9.97 Å². The second-order valence-electron chi connectivity index (χ2n) is 6.91. The van der Waals surface area contributed by atoms with Gasteiger partial charge in [0, 0.05) is 43.5 Å². The second kappa shape index (κ2) is 8.87. The van der Waals surface area contributed by atoms with Gasteiger partial charge in [0.2, 0.25) is 0 Å². The molecule has 0 aliphatic rings. The van der Waals surface area contributed by atoms with Crippen molar-refractivity contribution >= 4 is 5.78 Å². The first kappa shape index (κ1) is 22.5. The highest BCUT2D eigenvalue weighted by Crippen LogP contribution is 2.39. The Morgan fingerprint density at radius 3 is 2.10 bits per heavy atom. The number of carbonyl (C=O) groups excluding carboxylic acids is 1. The first-order chi connectivity index (χ1) is 14.6. The first-order valence-electron chi connectivity index (χ1n) is 9.14. The maximum absolute atomic E-state index is 13.6. The quantitative estimate of drug-likeness (QED) is 0.454. The van der Waals surface area contributed by atoms with E-state index in [1.54, 1.807) is 12.1 Å². The van der Waals surface area contributed by atoms with Crippen molar-refractivity contribution in [2.24, 2.45) is 0 Å². The van der Waals surface area contributed by atoms with E-state index in [1.807, 2.05) is 0 Å². The fraction of sp³-hybridized carbons (Fsp3) is 0.227. The summed E-state index contributed by atoms with van der Waals surface area (Å²) in [5.41, 5.74) is -1.44. The molecule has 162 valence electrons. The third-order valence-corrected chi connectivity index (χ3v) is 4.73. The van der Waals surface area contributed by atoms with Crippen LogP contribution in [-0.4, -0.2) is 15.8 Å². The van der Waals surface area contributed by atoms with Gasteiger partial charge in [-0.2, -0.15) is 26.3 Å². The fourth-order valence-electron chi connectivity index (χ4n) is 3.28. The molecule has 3 aromatic rings. The second-order valence-corrected chi connectivity index (χ2v) is 6.91. The monoisotopic (exact) mass is 438 g/mol. The fourth-order valence-corrected chi connectivity index (χ4v) is 3.28. The molecule has 0 bridgehead atoms. The van der Waals surface area contributed by atoms with Crippen LogP contribution in [0.4, 0.5) is 26.3 Å². The van der Waals surface area contributed by atoms with Crippen molar-refractivity contribution in [3.63, 3.8) is 0 Å². The Morgan fingerprint density at radius 1 is 0.839 bits per heavy atom. The Balaban J connectivity index is 2.00. The van der Waals surface area contributed by atoms with Gasteiger partial charge in [0.15, 0.2) is 0 Å². The predicted molar refractivity (Wildman–Crippen MR) is 100 cm³/mol. The van der Waals surface area contributed by atoms with E-state index in [4.69, 9.17) is 0 Å². The topological polar surface area (TPSA) is 42.9 Å². The third-order valence-electron chi connectivity index (χ3n) is 4.73.